The van der Waals surface area contributed by atoms with Crippen molar-refractivity contribution >= 4 is 0 Å². The van der Waals surface area contributed by atoms with Crippen molar-refractivity contribution < 1.29 is 29.9 Å². The van der Waals surface area contributed by atoms with Gasteiger partial charge in [0.25, 0.3) is 0 Å². The molecule has 0 aromatic heterocycles. The van der Waals surface area contributed by atoms with Crippen molar-refractivity contribution in [2.45, 2.75) is 135 Å². The predicted molar refractivity (Wildman–Crippen MR) is 134 cm³/mol. The quantitative estimate of drug-likeness (QED) is 0.435. The summed E-state index contributed by atoms with van der Waals surface area (Å²) in [5.74, 6) is -0.566. The molecule has 7 aliphatic rings. The molecular weight excluding hydrogens is 456 g/mol. The van der Waals surface area contributed by atoms with Crippen LogP contribution >= 0.6 is 0 Å². The maximum atomic E-state index is 12.5. The highest BCUT2D eigenvalue weighted by Crippen LogP contribution is 2.90. The van der Waals surface area contributed by atoms with Crippen LogP contribution in [0.2, 0.25) is 0 Å². The van der Waals surface area contributed by atoms with Gasteiger partial charge in [0.05, 0.1) is 23.9 Å². The summed E-state index contributed by atoms with van der Waals surface area (Å²) in [7, 11) is 0. The topological polar surface area (TPSA) is 99.4 Å². The molecule has 2 saturated heterocycles. The molecule has 3 spiro atoms. The Morgan fingerprint density at radius 3 is 2.22 bits per heavy atom. The van der Waals surface area contributed by atoms with Gasteiger partial charge >= 0.3 is 0 Å². The zero-order valence-electron chi connectivity index (χ0n) is 23.3. The van der Waals surface area contributed by atoms with Gasteiger partial charge in [-0.2, -0.15) is 0 Å². The smallest absolute Gasteiger partial charge is 0.199 e. The van der Waals surface area contributed by atoms with Gasteiger partial charge < -0.3 is 29.9 Å². The molecule has 204 valence electrons. The maximum absolute atomic E-state index is 12.5. The molecule has 2 aliphatic heterocycles. The van der Waals surface area contributed by atoms with E-state index in [0.29, 0.717) is 12.3 Å². The Bertz CT molecular complexity index is 990. The summed E-state index contributed by atoms with van der Waals surface area (Å²) in [5.41, 5.74) is -1.94. The first-order chi connectivity index (χ1) is 16.5. The molecular formula is C30H48O6. The van der Waals surface area contributed by atoms with E-state index in [1.54, 1.807) is 13.8 Å². The van der Waals surface area contributed by atoms with E-state index >= 15 is 0 Å². The van der Waals surface area contributed by atoms with E-state index in [9.17, 15) is 20.4 Å². The molecule has 0 radical (unpaired) electrons. The standard InChI is InChI=1S/C30H48O6/c1-15-12-17-22(25(4,5)34)36-30(35-17)20(15)26(6)10-11-29-14-28(29)9-8-19(32)24(2,3)18(28)13-16(31)21(29)27(26,7)23(30)33/h15-23,31-34H,8-14H2,1-7H3/t15-,16+,17+,18?,19+,20-,21+,22+,23-,26-,27-,28-,29+,30+/m1/s1. The lowest BCUT2D eigenvalue weighted by Crippen LogP contribution is -2.64. The molecule has 36 heavy (non-hydrogen) atoms. The summed E-state index contributed by atoms with van der Waals surface area (Å²) >= 11 is 0. The third-order valence-corrected chi connectivity index (χ3v) is 14.1. The van der Waals surface area contributed by atoms with Crippen LogP contribution < -0.4 is 0 Å². The van der Waals surface area contributed by atoms with Crippen molar-refractivity contribution in [1.82, 2.24) is 0 Å². The summed E-state index contributed by atoms with van der Waals surface area (Å²) in [5, 5.41) is 46.4. The van der Waals surface area contributed by atoms with Gasteiger partial charge in [0.15, 0.2) is 5.79 Å². The van der Waals surface area contributed by atoms with Crippen LogP contribution in [-0.4, -0.2) is 62.3 Å². The van der Waals surface area contributed by atoms with Gasteiger partial charge in [-0.25, -0.2) is 0 Å². The lowest BCUT2D eigenvalue weighted by Gasteiger charge is -2.64. The second-order valence-corrected chi connectivity index (χ2v) is 16.1. The molecule has 0 aromatic rings. The highest BCUT2D eigenvalue weighted by Gasteiger charge is 2.89. The Hall–Kier alpha value is -0.240. The molecule has 6 nitrogen and oxygen atoms in total. The zero-order valence-corrected chi connectivity index (χ0v) is 23.3. The van der Waals surface area contributed by atoms with E-state index in [2.05, 4.69) is 34.6 Å². The SMILES string of the molecule is C[C@@H]1C[C@@H]2O[C@@]3(O[C@@H]2C(C)(C)O)[C@H](O)[C@@]2(C)[C@@H]4[C@@H](O)CC5C(C)(C)[C@@H](O)CC[C@@]56C[C@@]46CC[C@]2(C)[C@@H]13. The number of fused-ring (bicyclic) bond motifs is 4. The van der Waals surface area contributed by atoms with Gasteiger partial charge in [-0.3, -0.25) is 0 Å². The van der Waals surface area contributed by atoms with Crippen LogP contribution in [-0.2, 0) is 9.47 Å². The van der Waals surface area contributed by atoms with Crippen molar-refractivity contribution in [2.24, 2.45) is 50.7 Å². The molecule has 7 rings (SSSR count). The number of rotatable bonds is 1. The second kappa shape index (κ2) is 6.55. The molecule has 14 atom stereocenters. The van der Waals surface area contributed by atoms with Crippen molar-refractivity contribution in [3.63, 3.8) is 0 Å². The fraction of sp³-hybridized carbons (Fsp3) is 1.00. The third-order valence-electron chi connectivity index (χ3n) is 14.1. The monoisotopic (exact) mass is 504 g/mol. The minimum Gasteiger partial charge on any atom is -0.393 e. The molecule has 0 amide bonds. The highest BCUT2D eigenvalue weighted by atomic mass is 16.8. The maximum Gasteiger partial charge on any atom is 0.199 e. The lowest BCUT2D eigenvalue weighted by atomic mass is 9.40. The Kier molecular flexibility index (Phi) is 4.51. The van der Waals surface area contributed by atoms with Crippen molar-refractivity contribution in [1.29, 1.82) is 0 Å². The van der Waals surface area contributed by atoms with E-state index in [-0.39, 0.29) is 51.6 Å². The summed E-state index contributed by atoms with van der Waals surface area (Å²) in [6.45, 7) is 14.8. The van der Waals surface area contributed by atoms with Crippen molar-refractivity contribution in [3.05, 3.63) is 0 Å². The van der Waals surface area contributed by atoms with E-state index in [1.165, 1.54) is 0 Å². The van der Waals surface area contributed by atoms with Gasteiger partial charge in [0.2, 0.25) is 0 Å². The average molecular weight is 505 g/mol. The molecule has 1 unspecified atom stereocenters. The van der Waals surface area contributed by atoms with Crippen molar-refractivity contribution in [3.8, 4) is 0 Å². The van der Waals surface area contributed by atoms with Crippen molar-refractivity contribution in [2.75, 3.05) is 0 Å². The summed E-state index contributed by atoms with van der Waals surface area (Å²) in [6.07, 6.45) is 4.08. The molecule has 5 aliphatic carbocycles. The molecule has 7 fully saturated rings. The fourth-order valence-electron chi connectivity index (χ4n) is 12.7. The number of hydrogen-bond donors (Lipinski definition) is 4. The second-order valence-electron chi connectivity index (χ2n) is 16.1. The normalized spacial score (nSPS) is 64.6. The zero-order chi connectivity index (χ0) is 26.1. The third kappa shape index (κ3) is 2.33. The average Bonchev–Trinajstić information content (AvgIpc) is 3.26. The number of aliphatic hydroxyl groups is 4. The first-order valence-corrected chi connectivity index (χ1v) is 14.7. The molecule has 6 heteroatoms. The largest absolute Gasteiger partial charge is 0.393 e. The van der Waals surface area contributed by atoms with E-state index in [0.717, 1.165) is 38.5 Å². The summed E-state index contributed by atoms with van der Waals surface area (Å²) in [6, 6.07) is 0. The van der Waals surface area contributed by atoms with Gasteiger partial charge in [-0.1, -0.05) is 34.6 Å². The molecule has 2 heterocycles. The number of ether oxygens (including phenoxy) is 2. The molecule has 5 saturated carbocycles. The van der Waals surface area contributed by atoms with Gasteiger partial charge in [0, 0.05) is 11.3 Å². The Labute approximate surface area is 216 Å². The van der Waals surface area contributed by atoms with Crippen LogP contribution in [0.25, 0.3) is 0 Å². The summed E-state index contributed by atoms with van der Waals surface area (Å²) < 4.78 is 13.5. The lowest BCUT2D eigenvalue weighted by molar-refractivity contribution is -0.284. The van der Waals surface area contributed by atoms with Crippen LogP contribution in [0.15, 0.2) is 0 Å². The number of hydrogen-bond acceptors (Lipinski definition) is 6. The Balaban J connectivity index is 1.35. The van der Waals surface area contributed by atoms with Crippen LogP contribution in [0.1, 0.15) is 93.4 Å². The van der Waals surface area contributed by atoms with Crippen LogP contribution in [0.5, 0.6) is 0 Å². The fourth-order valence-corrected chi connectivity index (χ4v) is 12.7. The van der Waals surface area contributed by atoms with E-state index in [4.69, 9.17) is 9.47 Å². The minimum absolute atomic E-state index is 0.00299. The molecule has 0 aromatic carbocycles. The predicted octanol–water partition coefficient (Wildman–Crippen LogP) is 3.63. The molecule has 2 bridgehead atoms. The molecule has 4 N–H and O–H groups in total. The van der Waals surface area contributed by atoms with E-state index < -0.39 is 35.1 Å². The number of aliphatic hydroxyl groups excluding tert-OH is 3. The van der Waals surface area contributed by atoms with Crippen LogP contribution in [0.3, 0.4) is 0 Å². The van der Waals surface area contributed by atoms with Gasteiger partial charge in [-0.15, -0.1) is 0 Å². The first-order valence-electron chi connectivity index (χ1n) is 14.7. The first kappa shape index (κ1) is 24.8. The van der Waals surface area contributed by atoms with Gasteiger partial charge in [-0.05, 0) is 98.2 Å². The summed E-state index contributed by atoms with van der Waals surface area (Å²) in [4.78, 5) is 0. The van der Waals surface area contributed by atoms with Gasteiger partial charge in [0.1, 0.15) is 12.2 Å². The van der Waals surface area contributed by atoms with Crippen LogP contribution in [0, 0.1) is 50.7 Å². The van der Waals surface area contributed by atoms with E-state index in [1.807, 2.05) is 0 Å². The van der Waals surface area contributed by atoms with Crippen LogP contribution in [0.4, 0.5) is 0 Å². The Morgan fingerprint density at radius 2 is 1.56 bits per heavy atom. The minimum atomic E-state index is -1.14. The Morgan fingerprint density at radius 1 is 0.861 bits per heavy atom. The highest BCUT2D eigenvalue weighted by molar-refractivity contribution is 5.35.